The molecule has 35 heavy (non-hydrogen) atoms. The first-order valence-electron chi connectivity index (χ1n) is 11.3. The van der Waals surface area contributed by atoms with Crippen LogP contribution in [0.25, 0.3) is 0 Å². The first-order valence-corrected chi connectivity index (χ1v) is 12.7. The summed E-state index contributed by atoms with van der Waals surface area (Å²) in [6.07, 6.45) is -5.52. The number of hydrogen-bond donors (Lipinski definition) is 5. The maximum absolute atomic E-state index is 12.6. The van der Waals surface area contributed by atoms with Crippen molar-refractivity contribution in [1.29, 1.82) is 0 Å². The van der Waals surface area contributed by atoms with Gasteiger partial charge in [0.25, 0.3) is 10.0 Å². The van der Waals surface area contributed by atoms with Crippen LogP contribution in [0.1, 0.15) is 28.4 Å². The number of rotatable bonds is 7. The molecule has 1 aliphatic rings. The Balaban J connectivity index is 1.46. The van der Waals surface area contributed by atoms with E-state index in [-0.39, 0.29) is 4.90 Å². The maximum Gasteiger partial charge on any atom is 0.261 e. The Hall–Kier alpha value is -2.79. The molecule has 0 bridgehead atoms. The van der Waals surface area contributed by atoms with Crippen molar-refractivity contribution in [3.8, 4) is 0 Å². The van der Waals surface area contributed by atoms with E-state index in [0.29, 0.717) is 17.7 Å². The quantitative estimate of drug-likeness (QED) is 0.335. The van der Waals surface area contributed by atoms with Gasteiger partial charge in [0.2, 0.25) is 0 Å². The average molecular weight is 500 g/mol. The maximum atomic E-state index is 12.6. The highest BCUT2D eigenvalue weighted by atomic mass is 32.2. The molecule has 0 aliphatic carbocycles. The van der Waals surface area contributed by atoms with E-state index in [1.54, 1.807) is 48.5 Å². The van der Waals surface area contributed by atoms with Crippen molar-refractivity contribution in [3.63, 3.8) is 0 Å². The molecule has 1 heterocycles. The predicted molar refractivity (Wildman–Crippen MR) is 130 cm³/mol. The highest BCUT2D eigenvalue weighted by molar-refractivity contribution is 7.92. The molecule has 0 saturated carbocycles. The van der Waals surface area contributed by atoms with E-state index >= 15 is 0 Å². The molecule has 1 fully saturated rings. The van der Waals surface area contributed by atoms with E-state index in [1.165, 1.54) is 0 Å². The third-order valence-electron chi connectivity index (χ3n) is 6.12. The molecule has 8 nitrogen and oxygen atoms in total. The number of benzene rings is 3. The van der Waals surface area contributed by atoms with E-state index in [1.807, 2.05) is 31.2 Å². The molecule has 5 N–H and O–H groups in total. The molecule has 0 spiro atoms. The predicted octanol–water partition coefficient (Wildman–Crippen LogP) is 1.90. The van der Waals surface area contributed by atoms with Gasteiger partial charge in [-0.25, -0.2) is 8.42 Å². The second-order valence-electron chi connectivity index (χ2n) is 8.79. The molecule has 0 aromatic heterocycles. The number of aliphatic hydroxyl groups is 4. The standard InChI is InChI=1S/C26H29NO7S/c1-16-5-11-21(12-6-16)35(32,33)27-20-9-7-17(8-10-20)13-18-3-2-4-19(14-18)26-25(31)24(30)23(29)22(15-28)34-26/h2-12,14,22-31H,13,15H2,1H3/t22-,23-,24+,25-,26+/m1/s1. The average Bonchev–Trinajstić information content (AvgIpc) is 2.84. The van der Waals surface area contributed by atoms with Crippen molar-refractivity contribution >= 4 is 15.7 Å². The Morgan fingerprint density at radius 1 is 0.857 bits per heavy atom. The van der Waals surface area contributed by atoms with Crippen molar-refractivity contribution < 1.29 is 33.6 Å². The third kappa shape index (κ3) is 5.72. The lowest BCUT2D eigenvalue weighted by Crippen LogP contribution is -2.55. The van der Waals surface area contributed by atoms with Crippen LogP contribution in [0.3, 0.4) is 0 Å². The smallest absolute Gasteiger partial charge is 0.261 e. The molecule has 0 amide bonds. The molecule has 3 aromatic carbocycles. The van der Waals surface area contributed by atoms with E-state index < -0.39 is 47.2 Å². The number of sulfonamides is 1. The lowest BCUT2D eigenvalue weighted by Gasteiger charge is -2.40. The van der Waals surface area contributed by atoms with Crippen LogP contribution in [0.4, 0.5) is 5.69 Å². The summed E-state index contributed by atoms with van der Waals surface area (Å²) >= 11 is 0. The third-order valence-corrected chi connectivity index (χ3v) is 7.51. The molecular weight excluding hydrogens is 470 g/mol. The second-order valence-corrected chi connectivity index (χ2v) is 10.5. The minimum Gasteiger partial charge on any atom is -0.394 e. The Kier molecular flexibility index (Phi) is 7.56. The number of aryl methyl sites for hydroxylation is 1. The van der Waals surface area contributed by atoms with Gasteiger partial charge in [0.1, 0.15) is 30.5 Å². The SMILES string of the molecule is Cc1ccc(S(=O)(=O)Nc2ccc(Cc3cccc([C@@H]4O[C@H](CO)[C@@H](O)[C@H](O)[C@H]4O)c3)cc2)cc1. The Bertz CT molecular complexity index is 1240. The number of nitrogens with one attached hydrogen (secondary N) is 1. The van der Waals surface area contributed by atoms with Crippen LogP contribution in [0.2, 0.25) is 0 Å². The first kappa shape index (κ1) is 25.3. The van der Waals surface area contributed by atoms with Gasteiger partial charge in [-0.15, -0.1) is 0 Å². The minimum absolute atomic E-state index is 0.192. The number of ether oxygens (including phenoxy) is 1. The second kappa shape index (κ2) is 10.4. The van der Waals surface area contributed by atoms with E-state index in [2.05, 4.69) is 4.72 Å². The summed E-state index contributed by atoms with van der Waals surface area (Å²) in [5.74, 6) is 0. The topological polar surface area (TPSA) is 136 Å². The summed E-state index contributed by atoms with van der Waals surface area (Å²) in [7, 11) is -3.68. The van der Waals surface area contributed by atoms with Crippen LogP contribution in [-0.2, 0) is 21.2 Å². The highest BCUT2D eigenvalue weighted by Crippen LogP contribution is 2.33. The van der Waals surface area contributed by atoms with Crippen LogP contribution in [0, 0.1) is 6.92 Å². The van der Waals surface area contributed by atoms with Crippen LogP contribution >= 0.6 is 0 Å². The van der Waals surface area contributed by atoms with Gasteiger partial charge in [-0.2, -0.15) is 0 Å². The molecule has 1 saturated heterocycles. The summed E-state index contributed by atoms with van der Waals surface area (Å²) in [5, 5.41) is 39.9. The van der Waals surface area contributed by atoms with Gasteiger partial charge in [-0.3, -0.25) is 4.72 Å². The van der Waals surface area contributed by atoms with Crippen LogP contribution < -0.4 is 4.72 Å². The van der Waals surface area contributed by atoms with Gasteiger partial charge in [0.05, 0.1) is 11.5 Å². The zero-order valence-electron chi connectivity index (χ0n) is 19.2. The van der Waals surface area contributed by atoms with Crippen LogP contribution in [0.5, 0.6) is 0 Å². The number of hydrogen-bond acceptors (Lipinski definition) is 7. The molecule has 0 unspecified atom stereocenters. The Morgan fingerprint density at radius 2 is 1.54 bits per heavy atom. The monoisotopic (exact) mass is 499 g/mol. The molecule has 3 aromatic rings. The zero-order chi connectivity index (χ0) is 25.2. The summed E-state index contributed by atoms with van der Waals surface area (Å²) in [6, 6.07) is 21.0. The van der Waals surface area contributed by atoms with Gasteiger partial charge < -0.3 is 25.2 Å². The Morgan fingerprint density at radius 3 is 2.20 bits per heavy atom. The molecule has 5 atom stereocenters. The van der Waals surface area contributed by atoms with Gasteiger partial charge in [0, 0.05) is 5.69 Å². The number of aliphatic hydroxyl groups excluding tert-OH is 4. The molecule has 9 heteroatoms. The van der Waals surface area contributed by atoms with Gasteiger partial charge in [0.15, 0.2) is 0 Å². The number of anilines is 1. The normalized spacial score (nSPS) is 24.8. The molecule has 186 valence electrons. The summed E-state index contributed by atoms with van der Waals surface area (Å²) in [6.45, 7) is 1.41. The lowest BCUT2D eigenvalue weighted by atomic mass is 9.90. The van der Waals surface area contributed by atoms with Crippen molar-refractivity contribution in [2.24, 2.45) is 0 Å². The van der Waals surface area contributed by atoms with Gasteiger partial charge >= 0.3 is 0 Å². The van der Waals surface area contributed by atoms with Crippen LogP contribution in [-0.4, -0.2) is 59.9 Å². The fourth-order valence-electron chi connectivity index (χ4n) is 4.12. The molecule has 4 rings (SSSR count). The zero-order valence-corrected chi connectivity index (χ0v) is 20.0. The minimum atomic E-state index is -3.68. The van der Waals surface area contributed by atoms with Gasteiger partial charge in [-0.1, -0.05) is 54.1 Å². The fourth-order valence-corrected chi connectivity index (χ4v) is 5.17. The summed E-state index contributed by atoms with van der Waals surface area (Å²) in [4.78, 5) is 0.192. The molecule has 0 radical (unpaired) electrons. The fraction of sp³-hybridized carbons (Fsp3) is 0.308. The van der Waals surface area contributed by atoms with Crippen molar-refractivity contribution in [2.45, 2.75) is 48.8 Å². The van der Waals surface area contributed by atoms with E-state index in [0.717, 1.165) is 16.7 Å². The largest absolute Gasteiger partial charge is 0.394 e. The van der Waals surface area contributed by atoms with Crippen molar-refractivity contribution in [3.05, 3.63) is 95.1 Å². The summed E-state index contributed by atoms with van der Waals surface area (Å²) < 4.78 is 33.4. The van der Waals surface area contributed by atoms with Gasteiger partial charge in [-0.05, 0) is 54.3 Å². The Labute approximate surface area is 204 Å². The summed E-state index contributed by atoms with van der Waals surface area (Å²) in [5.41, 5.74) is 3.89. The van der Waals surface area contributed by atoms with Crippen molar-refractivity contribution in [1.82, 2.24) is 0 Å². The lowest BCUT2D eigenvalue weighted by molar-refractivity contribution is -0.231. The van der Waals surface area contributed by atoms with Crippen LogP contribution in [0.15, 0.2) is 77.7 Å². The highest BCUT2D eigenvalue weighted by Gasteiger charge is 2.43. The molecule has 1 aliphatic heterocycles. The first-order chi connectivity index (χ1) is 16.7. The van der Waals surface area contributed by atoms with E-state index in [9.17, 15) is 28.8 Å². The molecular formula is C26H29NO7S. The van der Waals surface area contributed by atoms with Crippen molar-refractivity contribution in [2.75, 3.05) is 11.3 Å². The van der Waals surface area contributed by atoms with E-state index in [4.69, 9.17) is 4.74 Å².